The first-order chi connectivity index (χ1) is 4.84. The molecule has 1 aromatic rings. The molecule has 0 aliphatic rings. The molecule has 0 fully saturated rings. The second-order valence-corrected chi connectivity index (χ2v) is 2.05. The molecule has 54 valence electrons. The van der Waals surface area contributed by atoms with Crippen molar-refractivity contribution in [3.05, 3.63) is 24.0 Å². The van der Waals surface area contributed by atoms with Crippen LogP contribution in [0.1, 0.15) is 10.4 Å². The number of carbonyl (C=O) groups is 1. The minimum Gasteiger partial charge on any atom is -0.367 e. The molecule has 0 saturated carbocycles. The molecule has 0 aromatic carbocycles. The van der Waals surface area contributed by atoms with Crippen LogP contribution in [0.3, 0.4) is 0 Å². The molecule has 3 nitrogen and oxygen atoms in total. The van der Waals surface area contributed by atoms with E-state index in [1.165, 1.54) is 0 Å². The zero-order valence-corrected chi connectivity index (χ0v) is 5.85. The monoisotopic (exact) mass is 138 g/mol. The van der Waals surface area contributed by atoms with E-state index in [1.807, 2.05) is 0 Å². The van der Waals surface area contributed by atoms with Gasteiger partial charge in [0.2, 0.25) is 0 Å². The van der Waals surface area contributed by atoms with Gasteiger partial charge in [0.05, 0.1) is 6.54 Å². The number of aromatic nitrogens is 1. The quantitative estimate of drug-likeness (QED) is 0.594. The first kappa shape index (κ1) is 7.02. The number of hydrogen-bond acceptors (Lipinski definition) is 2. The molecule has 0 aliphatic carbocycles. The Kier molecular flexibility index (Phi) is 2.23. The van der Waals surface area contributed by atoms with Gasteiger partial charge in [0, 0.05) is 18.0 Å². The molecule has 0 spiro atoms. The predicted molar refractivity (Wildman–Crippen MR) is 39.0 cm³/mol. The van der Waals surface area contributed by atoms with Gasteiger partial charge in [-0.05, 0) is 13.1 Å². The topological polar surface area (TPSA) is 44.9 Å². The first-order valence-electron chi connectivity index (χ1n) is 3.15. The second kappa shape index (κ2) is 3.17. The van der Waals surface area contributed by atoms with E-state index >= 15 is 0 Å². The fourth-order valence-electron chi connectivity index (χ4n) is 0.760. The summed E-state index contributed by atoms with van der Waals surface area (Å²) in [5.41, 5.74) is 0.731. The molecule has 0 amide bonds. The molecule has 0 unspecified atom stereocenters. The van der Waals surface area contributed by atoms with Crippen molar-refractivity contribution in [2.24, 2.45) is 0 Å². The summed E-state index contributed by atoms with van der Waals surface area (Å²) in [6.45, 7) is 0.401. The van der Waals surface area contributed by atoms with Crippen LogP contribution in [0, 0.1) is 0 Å². The Labute approximate surface area is 59.4 Å². The van der Waals surface area contributed by atoms with Crippen molar-refractivity contribution in [2.45, 2.75) is 0 Å². The van der Waals surface area contributed by atoms with Gasteiger partial charge in [0.15, 0.2) is 5.78 Å². The fourth-order valence-corrected chi connectivity index (χ4v) is 0.760. The van der Waals surface area contributed by atoms with E-state index in [0.29, 0.717) is 6.54 Å². The molecule has 3 heteroatoms. The Hall–Kier alpha value is -1.09. The molecule has 1 rings (SSSR count). The van der Waals surface area contributed by atoms with Gasteiger partial charge in [-0.2, -0.15) is 0 Å². The van der Waals surface area contributed by atoms with Crippen molar-refractivity contribution in [1.29, 1.82) is 0 Å². The minimum absolute atomic E-state index is 0.115. The molecular weight excluding hydrogens is 128 g/mol. The van der Waals surface area contributed by atoms with E-state index in [1.54, 1.807) is 25.5 Å². The molecule has 0 bridgehead atoms. The number of hydrogen-bond donors (Lipinski definition) is 2. The average molecular weight is 138 g/mol. The molecule has 0 aliphatic heterocycles. The molecule has 2 N–H and O–H groups in total. The summed E-state index contributed by atoms with van der Waals surface area (Å²) < 4.78 is 0. The van der Waals surface area contributed by atoms with Crippen LogP contribution in [-0.4, -0.2) is 24.4 Å². The van der Waals surface area contributed by atoms with Gasteiger partial charge < -0.3 is 10.3 Å². The van der Waals surface area contributed by atoms with E-state index in [9.17, 15) is 4.79 Å². The number of carbonyl (C=O) groups excluding carboxylic acids is 1. The van der Waals surface area contributed by atoms with Gasteiger partial charge >= 0.3 is 0 Å². The van der Waals surface area contributed by atoms with Crippen LogP contribution < -0.4 is 5.32 Å². The van der Waals surface area contributed by atoms with Crippen LogP contribution in [0.4, 0.5) is 0 Å². The molecular formula is C7H10N2O. The molecule has 0 atom stereocenters. The number of H-pyrrole nitrogens is 1. The van der Waals surface area contributed by atoms with Crippen molar-refractivity contribution >= 4 is 5.78 Å². The lowest BCUT2D eigenvalue weighted by Crippen LogP contribution is -2.17. The van der Waals surface area contributed by atoms with Gasteiger partial charge in [-0.1, -0.05) is 0 Å². The van der Waals surface area contributed by atoms with E-state index in [0.717, 1.165) is 5.56 Å². The number of nitrogens with one attached hydrogen (secondary N) is 2. The van der Waals surface area contributed by atoms with Crippen LogP contribution in [0.25, 0.3) is 0 Å². The average Bonchev–Trinajstić information content (AvgIpc) is 2.38. The maximum atomic E-state index is 11.0. The molecule has 0 saturated heterocycles. The third kappa shape index (κ3) is 1.45. The van der Waals surface area contributed by atoms with Crippen LogP contribution >= 0.6 is 0 Å². The third-order valence-corrected chi connectivity index (χ3v) is 1.26. The van der Waals surface area contributed by atoms with E-state index < -0.39 is 0 Å². The maximum Gasteiger partial charge on any atom is 0.178 e. The van der Waals surface area contributed by atoms with Gasteiger partial charge in [-0.3, -0.25) is 4.79 Å². The second-order valence-electron chi connectivity index (χ2n) is 2.05. The highest BCUT2D eigenvalue weighted by molar-refractivity contribution is 5.97. The Balaban J connectivity index is 2.59. The summed E-state index contributed by atoms with van der Waals surface area (Å²) in [6.07, 6.45) is 3.43. The van der Waals surface area contributed by atoms with Gasteiger partial charge in [0.25, 0.3) is 0 Å². The zero-order chi connectivity index (χ0) is 7.40. The number of likely N-dealkylation sites (N-methyl/N-ethyl adjacent to an activating group) is 1. The SMILES string of the molecule is CNCC(=O)c1cc[nH]c1. The Morgan fingerprint density at radius 2 is 2.60 bits per heavy atom. The van der Waals surface area contributed by atoms with E-state index in [2.05, 4.69) is 10.3 Å². The Bertz CT molecular complexity index is 203. The smallest absolute Gasteiger partial charge is 0.178 e. The van der Waals surface area contributed by atoms with Gasteiger partial charge in [-0.25, -0.2) is 0 Å². The molecule has 10 heavy (non-hydrogen) atoms. The summed E-state index contributed by atoms with van der Waals surface area (Å²) in [6, 6.07) is 1.76. The highest BCUT2D eigenvalue weighted by Crippen LogP contribution is 1.95. The van der Waals surface area contributed by atoms with Crippen molar-refractivity contribution in [2.75, 3.05) is 13.6 Å². The summed E-state index contributed by atoms with van der Waals surface area (Å²) in [5, 5.41) is 2.79. The lowest BCUT2D eigenvalue weighted by Gasteiger charge is -1.93. The maximum absolute atomic E-state index is 11.0. The number of aromatic amines is 1. The molecule has 0 radical (unpaired) electrons. The minimum atomic E-state index is 0.115. The first-order valence-corrected chi connectivity index (χ1v) is 3.15. The van der Waals surface area contributed by atoms with Crippen molar-refractivity contribution < 1.29 is 4.79 Å². The predicted octanol–water partition coefficient (Wildman–Crippen LogP) is 0.417. The molecule has 1 heterocycles. The van der Waals surface area contributed by atoms with Gasteiger partial charge in [0.1, 0.15) is 0 Å². The zero-order valence-electron chi connectivity index (χ0n) is 5.85. The Morgan fingerprint density at radius 1 is 1.80 bits per heavy atom. The third-order valence-electron chi connectivity index (χ3n) is 1.26. The number of ketones is 1. The lowest BCUT2D eigenvalue weighted by atomic mass is 10.2. The van der Waals surface area contributed by atoms with Crippen molar-refractivity contribution in [3.8, 4) is 0 Å². The van der Waals surface area contributed by atoms with Crippen LogP contribution in [0.15, 0.2) is 18.5 Å². The number of Topliss-reactive ketones (excluding diaryl/α,β-unsaturated/α-hetero) is 1. The summed E-state index contributed by atoms with van der Waals surface area (Å²) >= 11 is 0. The summed E-state index contributed by atoms with van der Waals surface area (Å²) in [7, 11) is 1.75. The highest BCUT2D eigenvalue weighted by atomic mass is 16.1. The van der Waals surface area contributed by atoms with Crippen molar-refractivity contribution in [1.82, 2.24) is 10.3 Å². The van der Waals surface area contributed by atoms with Crippen LogP contribution in [-0.2, 0) is 0 Å². The van der Waals surface area contributed by atoms with Crippen LogP contribution in [0.5, 0.6) is 0 Å². The summed E-state index contributed by atoms with van der Waals surface area (Å²) in [4.78, 5) is 13.8. The largest absolute Gasteiger partial charge is 0.367 e. The van der Waals surface area contributed by atoms with Crippen molar-refractivity contribution in [3.63, 3.8) is 0 Å². The standard InChI is InChI=1S/C7H10N2O/c1-8-5-7(10)6-2-3-9-4-6/h2-4,8-9H,5H2,1H3. The van der Waals surface area contributed by atoms with Gasteiger partial charge in [-0.15, -0.1) is 0 Å². The summed E-state index contributed by atoms with van der Waals surface area (Å²) in [5.74, 6) is 0.115. The number of rotatable bonds is 3. The fraction of sp³-hybridized carbons (Fsp3) is 0.286. The molecule has 1 aromatic heterocycles. The lowest BCUT2D eigenvalue weighted by molar-refractivity contribution is 0.0994. The van der Waals surface area contributed by atoms with E-state index in [4.69, 9.17) is 0 Å². The Morgan fingerprint density at radius 3 is 3.10 bits per heavy atom. The highest BCUT2D eigenvalue weighted by Gasteiger charge is 2.02. The normalized spacial score (nSPS) is 9.70. The van der Waals surface area contributed by atoms with Crippen LogP contribution in [0.2, 0.25) is 0 Å². The van der Waals surface area contributed by atoms with E-state index in [-0.39, 0.29) is 5.78 Å².